The molecule has 2 heteroatoms. The van der Waals surface area contributed by atoms with Crippen molar-refractivity contribution in [3.8, 4) is 6.07 Å². The molecule has 2 nitrogen and oxygen atoms in total. The zero-order chi connectivity index (χ0) is 12.1. The molecule has 1 atom stereocenters. The molecule has 0 aromatic heterocycles. The minimum absolute atomic E-state index is 0.0182. The molecule has 1 unspecified atom stereocenters. The van der Waals surface area contributed by atoms with Crippen molar-refractivity contribution >= 4 is 0 Å². The fourth-order valence-corrected chi connectivity index (χ4v) is 2.41. The predicted molar refractivity (Wildman–Crippen MR) is 69.6 cm³/mol. The van der Waals surface area contributed by atoms with Gasteiger partial charge in [-0.2, -0.15) is 5.26 Å². The number of hydrogen-bond acceptors (Lipinski definition) is 2. The minimum atomic E-state index is 0.0182. The highest BCUT2D eigenvalue weighted by Crippen LogP contribution is 2.21. The van der Waals surface area contributed by atoms with E-state index in [0.717, 1.165) is 31.1 Å². The zero-order valence-corrected chi connectivity index (χ0v) is 10.5. The van der Waals surface area contributed by atoms with E-state index in [4.69, 9.17) is 0 Å². The highest BCUT2D eigenvalue weighted by molar-refractivity contribution is 5.25. The van der Waals surface area contributed by atoms with E-state index in [1.807, 2.05) is 18.2 Å². The first-order chi connectivity index (χ1) is 8.29. The van der Waals surface area contributed by atoms with Gasteiger partial charge in [-0.25, -0.2) is 0 Å². The quantitative estimate of drug-likeness (QED) is 0.795. The van der Waals surface area contributed by atoms with Gasteiger partial charge in [-0.1, -0.05) is 37.3 Å². The SMILES string of the molecule is CC1CCN(CC(C#N)c2ccccc2)CC1. The summed E-state index contributed by atoms with van der Waals surface area (Å²) < 4.78 is 0. The van der Waals surface area contributed by atoms with Gasteiger partial charge in [0.05, 0.1) is 12.0 Å². The molecule has 0 amide bonds. The maximum atomic E-state index is 9.29. The third-order valence-electron chi connectivity index (χ3n) is 3.67. The summed E-state index contributed by atoms with van der Waals surface area (Å²) in [6.07, 6.45) is 2.54. The highest BCUT2D eigenvalue weighted by atomic mass is 15.1. The highest BCUT2D eigenvalue weighted by Gasteiger charge is 2.19. The number of nitrogens with zero attached hydrogens (tertiary/aromatic N) is 2. The van der Waals surface area contributed by atoms with Crippen molar-refractivity contribution in [1.82, 2.24) is 4.90 Å². The molecule has 90 valence electrons. The largest absolute Gasteiger partial charge is 0.302 e. The molecule has 1 aromatic rings. The van der Waals surface area contributed by atoms with E-state index >= 15 is 0 Å². The summed E-state index contributed by atoms with van der Waals surface area (Å²) in [7, 11) is 0. The molecule has 2 rings (SSSR count). The summed E-state index contributed by atoms with van der Waals surface area (Å²) in [6.45, 7) is 5.49. The molecule has 1 aromatic carbocycles. The van der Waals surface area contributed by atoms with Crippen LogP contribution in [0, 0.1) is 17.2 Å². The Kier molecular flexibility index (Phi) is 4.17. The molecule has 0 aliphatic carbocycles. The van der Waals surface area contributed by atoms with Crippen LogP contribution >= 0.6 is 0 Å². The lowest BCUT2D eigenvalue weighted by Gasteiger charge is -2.31. The van der Waals surface area contributed by atoms with Gasteiger partial charge in [-0.05, 0) is 37.4 Å². The van der Waals surface area contributed by atoms with Gasteiger partial charge in [0.1, 0.15) is 0 Å². The monoisotopic (exact) mass is 228 g/mol. The number of benzene rings is 1. The lowest BCUT2D eigenvalue weighted by atomic mass is 9.96. The Labute approximate surface area is 104 Å². The lowest BCUT2D eigenvalue weighted by Crippen LogP contribution is -2.35. The van der Waals surface area contributed by atoms with Crippen molar-refractivity contribution in [3.63, 3.8) is 0 Å². The summed E-state index contributed by atoms with van der Waals surface area (Å²) in [4.78, 5) is 2.43. The molecule has 0 N–H and O–H groups in total. The second-order valence-electron chi connectivity index (χ2n) is 5.08. The van der Waals surface area contributed by atoms with E-state index in [9.17, 15) is 5.26 Å². The first-order valence-corrected chi connectivity index (χ1v) is 6.46. The summed E-state index contributed by atoms with van der Waals surface area (Å²) >= 11 is 0. The molecule has 1 saturated heterocycles. The summed E-state index contributed by atoms with van der Waals surface area (Å²) in [5.74, 6) is 0.869. The van der Waals surface area contributed by atoms with Crippen molar-refractivity contribution in [2.45, 2.75) is 25.7 Å². The number of piperidine rings is 1. The number of hydrogen-bond donors (Lipinski definition) is 0. The average Bonchev–Trinajstić information content (AvgIpc) is 2.39. The minimum Gasteiger partial charge on any atom is -0.302 e. The molecule has 0 saturated carbocycles. The predicted octanol–water partition coefficient (Wildman–Crippen LogP) is 3.03. The van der Waals surface area contributed by atoms with Crippen molar-refractivity contribution in [3.05, 3.63) is 35.9 Å². The van der Waals surface area contributed by atoms with Crippen LogP contribution in [0.3, 0.4) is 0 Å². The van der Waals surface area contributed by atoms with Crippen LogP contribution in [0.15, 0.2) is 30.3 Å². The summed E-state index contributed by atoms with van der Waals surface area (Å²) in [5, 5.41) is 9.29. The van der Waals surface area contributed by atoms with Crippen LogP contribution in [0.5, 0.6) is 0 Å². The second kappa shape index (κ2) is 5.84. The van der Waals surface area contributed by atoms with Crippen LogP contribution in [-0.4, -0.2) is 24.5 Å². The van der Waals surface area contributed by atoms with Crippen LogP contribution in [0.25, 0.3) is 0 Å². The van der Waals surface area contributed by atoms with Gasteiger partial charge in [0.15, 0.2) is 0 Å². The van der Waals surface area contributed by atoms with Gasteiger partial charge in [-0.15, -0.1) is 0 Å². The van der Waals surface area contributed by atoms with E-state index in [1.54, 1.807) is 0 Å². The Morgan fingerprint density at radius 3 is 2.53 bits per heavy atom. The topological polar surface area (TPSA) is 27.0 Å². The van der Waals surface area contributed by atoms with Crippen LogP contribution in [0.1, 0.15) is 31.2 Å². The molecular weight excluding hydrogens is 208 g/mol. The van der Waals surface area contributed by atoms with Crippen LogP contribution in [0.2, 0.25) is 0 Å². The average molecular weight is 228 g/mol. The lowest BCUT2D eigenvalue weighted by molar-refractivity contribution is 0.189. The fraction of sp³-hybridized carbons (Fsp3) is 0.533. The smallest absolute Gasteiger partial charge is 0.0839 e. The van der Waals surface area contributed by atoms with Gasteiger partial charge >= 0.3 is 0 Å². The Bertz CT molecular complexity index is 372. The van der Waals surface area contributed by atoms with Crippen LogP contribution < -0.4 is 0 Å². The Hall–Kier alpha value is -1.33. The Morgan fingerprint density at radius 1 is 1.29 bits per heavy atom. The number of likely N-dealkylation sites (tertiary alicyclic amines) is 1. The Morgan fingerprint density at radius 2 is 1.94 bits per heavy atom. The molecule has 0 radical (unpaired) electrons. The molecule has 17 heavy (non-hydrogen) atoms. The molecule has 0 bridgehead atoms. The molecule has 1 aliphatic heterocycles. The first-order valence-electron chi connectivity index (χ1n) is 6.46. The maximum absolute atomic E-state index is 9.29. The molecule has 1 fully saturated rings. The zero-order valence-electron chi connectivity index (χ0n) is 10.5. The van der Waals surface area contributed by atoms with Crippen molar-refractivity contribution < 1.29 is 0 Å². The van der Waals surface area contributed by atoms with E-state index in [2.05, 4.69) is 30.0 Å². The van der Waals surface area contributed by atoms with Crippen molar-refractivity contribution in [2.24, 2.45) is 5.92 Å². The molecule has 1 heterocycles. The van der Waals surface area contributed by atoms with Crippen molar-refractivity contribution in [1.29, 1.82) is 5.26 Å². The molecular formula is C15H20N2. The number of nitriles is 1. The standard InChI is InChI=1S/C15H20N2/c1-13-7-9-17(10-8-13)12-15(11-16)14-5-3-2-4-6-14/h2-6,13,15H,7-10,12H2,1H3. The van der Waals surface area contributed by atoms with Crippen LogP contribution in [0.4, 0.5) is 0 Å². The third kappa shape index (κ3) is 3.31. The summed E-state index contributed by atoms with van der Waals surface area (Å²) in [5.41, 5.74) is 1.15. The van der Waals surface area contributed by atoms with Gasteiger partial charge in [0.2, 0.25) is 0 Å². The van der Waals surface area contributed by atoms with E-state index in [0.29, 0.717) is 0 Å². The normalized spacial score (nSPS) is 19.8. The van der Waals surface area contributed by atoms with Gasteiger partial charge in [0, 0.05) is 6.54 Å². The first kappa shape index (κ1) is 12.1. The van der Waals surface area contributed by atoms with Crippen molar-refractivity contribution in [2.75, 3.05) is 19.6 Å². The van der Waals surface area contributed by atoms with Crippen LogP contribution in [-0.2, 0) is 0 Å². The van der Waals surface area contributed by atoms with Gasteiger partial charge in [0.25, 0.3) is 0 Å². The van der Waals surface area contributed by atoms with E-state index < -0.39 is 0 Å². The fourth-order valence-electron chi connectivity index (χ4n) is 2.41. The van der Waals surface area contributed by atoms with Gasteiger partial charge < -0.3 is 4.90 Å². The third-order valence-corrected chi connectivity index (χ3v) is 3.67. The van der Waals surface area contributed by atoms with Gasteiger partial charge in [-0.3, -0.25) is 0 Å². The molecule has 1 aliphatic rings. The summed E-state index contributed by atoms with van der Waals surface area (Å²) in [6, 6.07) is 12.6. The Balaban J connectivity index is 1.95. The maximum Gasteiger partial charge on any atom is 0.0839 e. The second-order valence-corrected chi connectivity index (χ2v) is 5.08. The van der Waals surface area contributed by atoms with E-state index in [-0.39, 0.29) is 5.92 Å². The molecule has 0 spiro atoms. The van der Waals surface area contributed by atoms with E-state index in [1.165, 1.54) is 12.8 Å². The number of rotatable bonds is 3.